The average molecular weight is 392 g/mol. The summed E-state index contributed by atoms with van der Waals surface area (Å²) in [5.41, 5.74) is 0.776. The summed E-state index contributed by atoms with van der Waals surface area (Å²) in [6, 6.07) is 3.38. The van der Waals surface area contributed by atoms with Crippen LogP contribution in [0.15, 0.2) is 30.6 Å². The maximum atomic E-state index is 13.3. The zero-order chi connectivity index (χ0) is 19.3. The highest BCUT2D eigenvalue weighted by Gasteiger charge is 2.28. The number of amides is 1. The molecule has 140 valence electrons. The van der Waals surface area contributed by atoms with Crippen LogP contribution in [-0.4, -0.2) is 28.7 Å². The molecule has 2 heterocycles. The Kier molecular flexibility index (Phi) is 6.36. The van der Waals surface area contributed by atoms with Crippen LogP contribution in [-0.2, 0) is 11.2 Å². The van der Waals surface area contributed by atoms with E-state index in [1.54, 1.807) is 6.92 Å². The first-order valence-corrected chi connectivity index (χ1v) is 7.76. The number of pyridine rings is 2. The smallest absolute Gasteiger partial charge is 0.422 e. The Labute approximate surface area is 151 Å². The molecule has 5 nitrogen and oxygen atoms in total. The van der Waals surface area contributed by atoms with Crippen molar-refractivity contribution in [3.63, 3.8) is 0 Å². The third kappa shape index (κ3) is 6.14. The van der Waals surface area contributed by atoms with Crippen LogP contribution in [0.4, 0.5) is 17.6 Å². The number of carbonyl (C=O) groups is 1. The molecule has 0 fully saturated rings. The third-order valence-corrected chi connectivity index (χ3v) is 3.48. The van der Waals surface area contributed by atoms with Gasteiger partial charge in [-0.3, -0.25) is 9.78 Å². The zero-order valence-electron chi connectivity index (χ0n) is 13.5. The lowest BCUT2D eigenvalue weighted by Crippen LogP contribution is -2.28. The van der Waals surface area contributed by atoms with E-state index in [1.807, 2.05) is 0 Å². The number of hydrogen-bond donors (Lipinski definition) is 1. The Balaban J connectivity index is 1.90. The highest BCUT2D eigenvalue weighted by Crippen LogP contribution is 2.19. The number of nitrogens with one attached hydrogen (secondary N) is 1. The van der Waals surface area contributed by atoms with Gasteiger partial charge < -0.3 is 10.1 Å². The van der Waals surface area contributed by atoms with Crippen molar-refractivity contribution in [2.75, 3.05) is 6.61 Å². The van der Waals surface area contributed by atoms with Crippen molar-refractivity contribution < 1.29 is 27.1 Å². The SMILES string of the molecule is C[C@@H](NC(=O)Cc1cnc(Cl)c(F)c1)c1ccc(OCC(F)(F)F)cn1. The molecule has 0 unspecified atom stereocenters. The minimum absolute atomic E-state index is 0.0349. The summed E-state index contributed by atoms with van der Waals surface area (Å²) in [5.74, 6) is -1.16. The Morgan fingerprint density at radius 3 is 2.62 bits per heavy atom. The second-order valence-corrected chi connectivity index (χ2v) is 5.76. The number of ether oxygens (including phenoxy) is 1. The van der Waals surface area contributed by atoms with Crippen molar-refractivity contribution in [2.24, 2.45) is 0 Å². The van der Waals surface area contributed by atoms with Gasteiger partial charge in [-0.25, -0.2) is 9.37 Å². The minimum atomic E-state index is -4.43. The number of carbonyl (C=O) groups excluding carboxylic acids is 1. The molecule has 0 aliphatic carbocycles. The summed E-state index contributed by atoms with van der Waals surface area (Å²) >= 11 is 5.47. The highest BCUT2D eigenvalue weighted by molar-refractivity contribution is 6.29. The molecule has 2 rings (SSSR count). The van der Waals surface area contributed by atoms with Gasteiger partial charge in [-0.2, -0.15) is 13.2 Å². The van der Waals surface area contributed by atoms with Gasteiger partial charge in [-0.1, -0.05) is 11.6 Å². The maximum absolute atomic E-state index is 13.3. The fraction of sp³-hybridized carbons (Fsp3) is 0.312. The molecule has 0 spiro atoms. The first-order valence-electron chi connectivity index (χ1n) is 7.39. The Morgan fingerprint density at radius 2 is 2.04 bits per heavy atom. The summed E-state index contributed by atoms with van der Waals surface area (Å²) < 4.78 is 54.1. The first kappa shape index (κ1) is 19.9. The third-order valence-electron chi connectivity index (χ3n) is 3.20. The summed E-state index contributed by atoms with van der Waals surface area (Å²) in [4.78, 5) is 19.6. The molecule has 10 heteroatoms. The van der Waals surface area contributed by atoms with E-state index in [2.05, 4.69) is 20.0 Å². The molecule has 1 atom stereocenters. The van der Waals surface area contributed by atoms with Gasteiger partial charge in [0, 0.05) is 6.20 Å². The maximum Gasteiger partial charge on any atom is 0.422 e. The number of rotatable bonds is 6. The molecule has 2 aromatic heterocycles. The van der Waals surface area contributed by atoms with Crippen LogP contribution in [0.3, 0.4) is 0 Å². The van der Waals surface area contributed by atoms with Crippen molar-refractivity contribution in [1.29, 1.82) is 0 Å². The monoisotopic (exact) mass is 391 g/mol. The number of alkyl halides is 3. The molecule has 2 aromatic rings. The van der Waals surface area contributed by atoms with Gasteiger partial charge in [-0.05, 0) is 30.7 Å². The van der Waals surface area contributed by atoms with Crippen LogP contribution >= 0.6 is 11.6 Å². The molecule has 0 saturated carbocycles. The summed E-state index contributed by atoms with van der Waals surface area (Å²) in [7, 11) is 0. The van der Waals surface area contributed by atoms with E-state index in [0.29, 0.717) is 11.3 Å². The van der Waals surface area contributed by atoms with Gasteiger partial charge >= 0.3 is 6.18 Å². The molecule has 26 heavy (non-hydrogen) atoms. The van der Waals surface area contributed by atoms with Gasteiger partial charge in [0.15, 0.2) is 17.6 Å². The molecule has 0 aromatic carbocycles. The Morgan fingerprint density at radius 1 is 1.31 bits per heavy atom. The van der Waals surface area contributed by atoms with E-state index < -0.39 is 30.5 Å². The largest absolute Gasteiger partial charge is 0.483 e. The van der Waals surface area contributed by atoms with Crippen LogP contribution < -0.4 is 10.1 Å². The molecular formula is C16H14ClF4N3O2. The number of hydrogen-bond acceptors (Lipinski definition) is 4. The number of nitrogens with zero attached hydrogens (tertiary/aromatic N) is 2. The Bertz CT molecular complexity index is 769. The fourth-order valence-electron chi connectivity index (χ4n) is 2.01. The van der Waals surface area contributed by atoms with Crippen LogP contribution in [0.1, 0.15) is 24.2 Å². The van der Waals surface area contributed by atoms with E-state index in [9.17, 15) is 22.4 Å². The van der Waals surface area contributed by atoms with Crippen molar-refractivity contribution in [3.05, 3.63) is 52.8 Å². The van der Waals surface area contributed by atoms with Crippen molar-refractivity contribution in [3.8, 4) is 5.75 Å². The number of halogens is 5. The van der Waals surface area contributed by atoms with Gasteiger partial charge in [0.25, 0.3) is 0 Å². The van der Waals surface area contributed by atoms with Crippen LogP contribution in [0.25, 0.3) is 0 Å². The van der Waals surface area contributed by atoms with Crippen molar-refractivity contribution >= 4 is 17.5 Å². The average Bonchev–Trinajstić information content (AvgIpc) is 2.56. The van der Waals surface area contributed by atoms with Gasteiger partial charge in [0.05, 0.1) is 24.4 Å². The molecule has 0 aliphatic rings. The molecule has 1 N–H and O–H groups in total. The zero-order valence-corrected chi connectivity index (χ0v) is 14.2. The molecule has 0 radical (unpaired) electrons. The van der Waals surface area contributed by atoms with E-state index in [4.69, 9.17) is 11.6 Å². The second-order valence-electron chi connectivity index (χ2n) is 5.40. The summed E-state index contributed by atoms with van der Waals surface area (Å²) in [5, 5.41) is 2.37. The first-order chi connectivity index (χ1) is 12.1. The van der Waals surface area contributed by atoms with Gasteiger partial charge in [0.1, 0.15) is 5.75 Å². The molecule has 0 bridgehead atoms. The van der Waals surface area contributed by atoms with Crippen molar-refractivity contribution in [2.45, 2.75) is 25.6 Å². The van der Waals surface area contributed by atoms with E-state index in [0.717, 1.165) is 12.3 Å². The van der Waals surface area contributed by atoms with E-state index >= 15 is 0 Å². The highest BCUT2D eigenvalue weighted by atomic mass is 35.5. The summed E-state index contributed by atoms with van der Waals surface area (Å²) in [6.07, 6.45) is -2.11. The lowest BCUT2D eigenvalue weighted by molar-refractivity contribution is -0.153. The molecule has 0 saturated heterocycles. The lowest BCUT2D eigenvalue weighted by Gasteiger charge is -2.14. The topological polar surface area (TPSA) is 64.1 Å². The Hall–Kier alpha value is -2.42. The summed E-state index contributed by atoms with van der Waals surface area (Å²) in [6.45, 7) is 0.239. The van der Waals surface area contributed by atoms with E-state index in [1.165, 1.54) is 18.3 Å². The second kappa shape index (κ2) is 8.31. The normalized spacial score (nSPS) is 12.5. The lowest BCUT2D eigenvalue weighted by atomic mass is 10.1. The fourth-order valence-corrected chi connectivity index (χ4v) is 2.11. The van der Waals surface area contributed by atoms with Gasteiger partial charge in [-0.15, -0.1) is 0 Å². The van der Waals surface area contributed by atoms with Crippen LogP contribution in [0.2, 0.25) is 5.15 Å². The quantitative estimate of drug-likeness (QED) is 0.603. The standard InChI is InChI=1S/C16H14ClF4N3O2/c1-9(13-3-2-11(7-22-13)26-8-16(19,20)21)24-14(25)5-10-4-12(18)15(17)23-6-10/h2-4,6-7,9H,5,8H2,1H3,(H,24,25)/t9-/m1/s1. The predicted molar refractivity (Wildman–Crippen MR) is 85.3 cm³/mol. The molecular weight excluding hydrogens is 378 g/mol. The van der Waals surface area contributed by atoms with Crippen molar-refractivity contribution in [1.82, 2.24) is 15.3 Å². The van der Waals surface area contributed by atoms with Crippen LogP contribution in [0, 0.1) is 5.82 Å². The van der Waals surface area contributed by atoms with Gasteiger partial charge in [0.2, 0.25) is 5.91 Å². The predicted octanol–water partition coefficient (Wildman–Crippen LogP) is 3.63. The molecule has 0 aliphatic heterocycles. The number of aromatic nitrogens is 2. The van der Waals surface area contributed by atoms with E-state index in [-0.39, 0.29) is 17.3 Å². The van der Waals surface area contributed by atoms with Crippen LogP contribution in [0.5, 0.6) is 5.75 Å². The minimum Gasteiger partial charge on any atom is -0.483 e. The molecule has 1 amide bonds.